The van der Waals surface area contributed by atoms with Crippen molar-refractivity contribution < 1.29 is 9.47 Å². The maximum absolute atomic E-state index is 5.72. The van der Waals surface area contributed by atoms with Crippen molar-refractivity contribution in [3.05, 3.63) is 0 Å². The smallest absolute Gasteiger partial charge is 0.112 e. The zero-order valence-electron chi connectivity index (χ0n) is 7.04. The number of hydrogen-bond donors (Lipinski definition) is 0. The van der Waals surface area contributed by atoms with Crippen molar-refractivity contribution in [2.24, 2.45) is 5.92 Å². The third kappa shape index (κ3) is 0.813. The van der Waals surface area contributed by atoms with Crippen LogP contribution in [0.3, 0.4) is 0 Å². The van der Waals surface area contributed by atoms with Gasteiger partial charge < -0.3 is 9.47 Å². The van der Waals surface area contributed by atoms with Crippen LogP contribution in [0.1, 0.15) is 20.3 Å². The lowest BCUT2D eigenvalue weighted by atomic mass is 9.85. The lowest BCUT2D eigenvalue weighted by molar-refractivity contribution is -0.115. The fourth-order valence-electron chi connectivity index (χ4n) is 2.18. The van der Waals surface area contributed by atoms with Gasteiger partial charge in [0.05, 0.1) is 18.3 Å². The van der Waals surface area contributed by atoms with Crippen LogP contribution >= 0.6 is 0 Å². The Bertz CT molecular complexity index is 173. The van der Waals surface area contributed by atoms with Crippen LogP contribution in [0.15, 0.2) is 0 Å². The molecule has 2 saturated heterocycles. The first-order chi connectivity index (χ1) is 5.19. The molecule has 1 unspecified atom stereocenters. The Morgan fingerprint density at radius 3 is 2.64 bits per heavy atom. The van der Waals surface area contributed by atoms with E-state index in [1.54, 1.807) is 0 Å². The van der Waals surface area contributed by atoms with Crippen molar-refractivity contribution in [1.82, 2.24) is 0 Å². The van der Waals surface area contributed by atoms with Crippen LogP contribution in [0.4, 0.5) is 0 Å². The van der Waals surface area contributed by atoms with Gasteiger partial charge in [0.2, 0.25) is 0 Å². The van der Waals surface area contributed by atoms with Crippen molar-refractivity contribution in [2.75, 3.05) is 6.61 Å². The van der Waals surface area contributed by atoms with Gasteiger partial charge in [0, 0.05) is 11.9 Å². The second-order valence-electron chi connectivity index (χ2n) is 3.57. The largest absolute Gasteiger partial charge is 0.376 e. The summed E-state index contributed by atoms with van der Waals surface area (Å²) in [4.78, 5) is 0. The highest BCUT2D eigenvalue weighted by Crippen LogP contribution is 2.45. The molecule has 2 aliphatic rings. The highest BCUT2D eigenvalue weighted by Gasteiger charge is 2.55. The highest BCUT2D eigenvalue weighted by atomic mass is 16.6. The van der Waals surface area contributed by atoms with E-state index in [-0.39, 0.29) is 17.7 Å². The molecule has 2 heterocycles. The SMILES string of the molecule is [B][C@@H]1O[C@@]2(CC)CO[C@H]1C2C. The first-order valence-corrected chi connectivity index (χ1v) is 4.24. The monoisotopic (exact) mass is 152 g/mol. The van der Waals surface area contributed by atoms with Gasteiger partial charge in [0.25, 0.3) is 0 Å². The van der Waals surface area contributed by atoms with Crippen LogP contribution in [-0.4, -0.2) is 32.2 Å². The van der Waals surface area contributed by atoms with E-state index in [1.807, 2.05) is 0 Å². The van der Waals surface area contributed by atoms with E-state index in [2.05, 4.69) is 13.8 Å². The van der Waals surface area contributed by atoms with Gasteiger partial charge in [-0.2, -0.15) is 0 Å². The minimum atomic E-state index is -0.196. The van der Waals surface area contributed by atoms with Gasteiger partial charge in [-0.25, -0.2) is 0 Å². The van der Waals surface area contributed by atoms with Gasteiger partial charge in [-0.3, -0.25) is 0 Å². The van der Waals surface area contributed by atoms with E-state index in [4.69, 9.17) is 17.3 Å². The zero-order valence-corrected chi connectivity index (χ0v) is 7.04. The molecule has 0 aromatic carbocycles. The molecular weight excluding hydrogens is 139 g/mol. The topological polar surface area (TPSA) is 18.5 Å². The summed E-state index contributed by atoms with van der Waals surface area (Å²) in [5.74, 6) is 0.461. The Hall–Kier alpha value is -0.0151. The molecule has 0 aromatic rings. The Kier molecular flexibility index (Phi) is 1.55. The Morgan fingerprint density at radius 1 is 1.64 bits per heavy atom. The van der Waals surface area contributed by atoms with Crippen LogP contribution in [0, 0.1) is 5.92 Å². The summed E-state index contributed by atoms with van der Waals surface area (Å²) in [6.07, 6.45) is 1.13. The molecule has 2 bridgehead atoms. The number of fused-ring (bicyclic) bond motifs is 2. The summed E-state index contributed by atoms with van der Waals surface area (Å²) in [7, 11) is 5.72. The van der Waals surface area contributed by atoms with Crippen molar-refractivity contribution in [3.8, 4) is 0 Å². The second kappa shape index (κ2) is 2.24. The van der Waals surface area contributed by atoms with Crippen molar-refractivity contribution in [2.45, 2.75) is 38.0 Å². The average Bonchev–Trinajstić information content (AvgIpc) is 2.42. The van der Waals surface area contributed by atoms with E-state index >= 15 is 0 Å². The van der Waals surface area contributed by atoms with Crippen LogP contribution in [0.25, 0.3) is 0 Å². The third-order valence-electron chi connectivity index (χ3n) is 3.14. The molecule has 0 aromatic heterocycles. The fourth-order valence-corrected chi connectivity index (χ4v) is 2.18. The predicted octanol–water partition coefficient (Wildman–Crippen LogP) is 0.695. The van der Waals surface area contributed by atoms with Crippen LogP contribution in [-0.2, 0) is 9.47 Å². The number of hydrogen-bond acceptors (Lipinski definition) is 2. The maximum atomic E-state index is 5.72. The summed E-state index contributed by atoms with van der Waals surface area (Å²) in [6.45, 7) is 5.01. The Morgan fingerprint density at radius 2 is 2.36 bits per heavy atom. The minimum absolute atomic E-state index is 0.0654. The minimum Gasteiger partial charge on any atom is -0.376 e. The lowest BCUT2D eigenvalue weighted by Crippen LogP contribution is -2.37. The number of rotatable bonds is 1. The maximum Gasteiger partial charge on any atom is 0.112 e. The van der Waals surface area contributed by atoms with Gasteiger partial charge in [0.1, 0.15) is 7.85 Å². The Balaban J connectivity index is 2.24. The summed E-state index contributed by atoms with van der Waals surface area (Å²) < 4.78 is 11.2. The van der Waals surface area contributed by atoms with Crippen LogP contribution in [0.2, 0.25) is 0 Å². The molecule has 4 atom stereocenters. The average molecular weight is 152 g/mol. The van der Waals surface area contributed by atoms with Gasteiger partial charge in [0.15, 0.2) is 0 Å². The fraction of sp³-hybridized carbons (Fsp3) is 1.00. The summed E-state index contributed by atoms with van der Waals surface area (Å²) in [5.41, 5.74) is -0.0654. The first-order valence-electron chi connectivity index (χ1n) is 4.24. The van der Waals surface area contributed by atoms with Crippen LogP contribution in [0.5, 0.6) is 0 Å². The van der Waals surface area contributed by atoms with E-state index in [9.17, 15) is 0 Å². The van der Waals surface area contributed by atoms with E-state index in [1.165, 1.54) is 0 Å². The Labute approximate surface area is 68.7 Å². The molecule has 2 nitrogen and oxygen atoms in total. The summed E-state index contributed by atoms with van der Waals surface area (Å²) >= 11 is 0. The molecule has 0 N–H and O–H groups in total. The van der Waals surface area contributed by atoms with Gasteiger partial charge in [-0.05, 0) is 6.42 Å². The van der Waals surface area contributed by atoms with E-state index in [0.29, 0.717) is 5.92 Å². The molecule has 11 heavy (non-hydrogen) atoms. The van der Waals surface area contributed by atoms with Gasteiger partial charge >= 0.3 is 0 Å². The predicted molar refractivity (Wildman–Crippen MR) is 42.6 cm³/mol. The molecule has 2 fully saturated rings. The molecule has 0 saturated carbocycles. The molecule has 2 radical (unpaired) electrons. The van der Waals surface area contributed by atoms with Crippen LogP contribution < -0.4 is 0 Å². The lowest BCUT2D eigenvalue weighted by Gasteiger charge is -2.29. The molecule has 0 aliphatic carbocycles. The molecule has 60 valence electrons. The highest BCUT2D eigenvalue weighted by molar-refractivity contribution is 6.11. The third-order valence-corrected chi connectivity index (χ3v) is 3.14. The normalized spacial score (nSPS) is 55.3. The quantitative estimate of drug-likeness (QED) is 0.514. The molecule has 2 aliphatic heterocycles. The molecule has 0 spiro atoms. The summed E-state index contributed by atoms with van der Waals surface area (Å²) in [5, 5.41) is 0. The van der Waals surface area contributed by atoms with Crippen molar-refractivity contribution in [3.63, 3.8) is 0 Å². The van der Waals surface area contributed by atoms with Crippen molar-refractivity contribution in [1.29, 1.82) is 0 Å². The van der Waals surface area contributed by atoms with E-state index < -0.39 is 0 Å². The van der Waals surface area contributed by atoms with E-state index in [0.717, 1.165) is 13.0 Å². The summed E-state index contributed by atoms with van der Waals surface area (Å²) in [6, 6.07) is -0.196. The number of ether oxygens (including phenoxy) is 2. The standard InChI is InChI=1S/C8H13BO2/c1-3-8-4-10-6(5(8)2)7(9)11-8/h5-7H,3-4H2,1-2H3/t5?,6-,7+,8-/m0/s1. The van der Waals surface area contributed by atoms with Gasteiger partial charge in [-0.1, -0.05) is 13.8 Å². The molecule has 2 rings (SSSR count). The second-order valence-corrected chi connectivity index (χ2v) is 3.57. The zero-order chi connectivity index (χ0) is 8.06. The van der Waals surface area contributed by atoms with Crippen molar-refractivity contribution >= 4 is 7.85 Å². The van der Waals surface area contributed by atoms with Gasteiger partial charge in [-0.15, -0.1) is 0 Å². The first kappa shape index (κ1) is 7.62. The molecule has 3 heteroatoms. The molecular formula is C8H13BO2. The molecule has 0 amide bonds.